The third-order valence-corrected chi connectivity index (χ3v) is 6.60. The van der Waals surface area contributed by atoms with E-state index in [1.807, 2.05) is 37.3 Å². The zero-order valence-corrected chi connectivity index (χ0v) is 19.7. The molecule has 0 saturated heterocycles. The number of aromatic nitrogens is 3. The fraction of sp³-hybridized carbons (Fsp3) is 0.182. The number of halogens is 1. The van der Waals surface area contributed by atoms with Crippen LogP contribution in [-0.2, 0) is 9.53 Å². The van der Waals surface area contributed by atoms with Gasteiger partial charge in [0.15, 0.2) is 10.8 Å². The van der Waals surface area contributed by atoms with Crippen LogP contribution in [-0.4, -0.2) is 39.2 Å². The molecule has 3 heterocycles. The molecule has 0 aliphatic carbocycles. The second kappa shape index (κ2) is 9.72. The van der Waals surface area contributed by atoms with Crippen molar-refractivity contribution in [3.05, 3.63) is 58.1 Å². The van der Waals surface area contributed by atoms with Crippen LogP contribution < -0.4 is 5.32 Å². The minimum atomic E-state index is -0.459. The maximum absolute atomic E-state index is 12.8. The number of fused-ring (bicyclic) bond motifs is 1. The Labute approximate surface area is 197 Å². The number of aromatic amines is 1. The van der Waals surface area contributed by atoms with Gasteiger partial charge >= 0.3 is 5.97 Å². The summed E-state index contributed by atoms with van der Waals surface area (Å²) in [4.78, 5) is 37.9. The number of anilines is 1. The number of thioether (sulfide) groups is 1. The number of carbonyl (C=O) groups is 2. The van der Waals surface area contributed by atoms with Gasteiger partial charge in [0.05, 0.1) is 22.9 Å². The average Bonchev–Trinajstić information content (AvgIpc) is 3.32. The first-order chi connectivity index (χ1) is 15.5. The number of nitrogens with one attached hydrogen (secondary N) is 2. The lowest BCUT2D eigenvalue weighted by atomic mass is 10.0. The lowest BCUT2D eigenvalue weighted by Gasteiger charge is -2.09. The number of amides is 1. The van der Waals surface area contributed by atoms with Crippen molar-refractivity contribution >= 4 is 62.7 Å². The predicted octanol–water partition coefficient (Wildman–Crippen LogP) is 5.56. The van der Waals surface area contributed by atoms with Gasteiger partial charge in [-0.2, -0.15) is 0 Å². The van der Waals surface area contributed by atoms with Gasteiger partial charge in [0.1, 0.15) is 10.6 Å². The van der Waals surface area contributed by atoms with Gasteiger partial charge in [-0.05, 0) is 25.5 Å². The number of H-pyrrole nitrogens is 1. The highest BCUT2D eigenvalue weighted by molar-refractivity contribution is 7.99. The number of rotatable bonds is 7. The van der Waals surface area contributed by atoms with E-state index in [2.05, 4.69) is 20.3 Å². The molecule has 0 aliphatic rings. The second-order valence-corrected chi connectivity index (χ2v) is 9.35. The summed E-state index contributed by atoms with van der Waals surface area (Å²) in [7, 11) is 0. The van der Waals surface area contributed by atoms with Gasteiger partial charge in [0.2, 0.25) is 5.91 Å². The molecule has 1 amide bonds. The molecule has 4 aromatic rings. The minimum absolute atomic E-state index is 0.105. The molecule has 0 aliphatic heterocycles. The standard InChI is InChI=1S/C22H19ClN4O3S2/c1-3-30-21(29)18-17(13-7-5-4-6-8-13)12(2)32-20(18)26-16(28)11-31-22-25-15-9-14(23)10-24-19(15)27-22/h4-10H,3,11H2,1-2H3,(H,26,28)(H,24,25,27). The van der Waals surface area contributed by atoms with Gasteiger partial charge in [-0.3, -0.25) is 4.79 Å². The largest absolute Gasteiger partial charge is 0.462 e. The first-order valence-electron chi connectivity index (χ1n) is 9.76. The Morgan fingerprint density at radius 2 is 2.06 bits per heavy atom. The fourth-order valence-corrected chi connectivity index (χ4v) is 5.11. The maximum Gasteiger partial charge on any atom is 0.341 e. The Morgan fingerprint density at radius 3 is 2.81 bits per heavy atom. The molecule has 0 atom stereocenters. The topological polar surface area (TPSA) is 97.0 Å². The quantitative estimate of drug-likeness (QED) is 0.262. The first kappa shape index (κ1) is 22.3. The molecule has 164 valence electrons. The minimum Gasteiger partial charge on any atom is -0.462 e. The smallest absolute Gasteiger partial charge is 0.341 e. The molecule has 0 unspecified atom stereocenters. The highest BCUT2D eigenvalue weighted by Crippen LogP contribution is 2.40. The normalized spacial score (nSPS) is 11.0. The number of esters is 1. The molecular formula is C22H19ClN4O3S2. The summed E-state index contributed by atoms with van der Waals surface area (Å²) in [5, 5.41) is 4.41. The molecule has 2 N–H and O–H groups in total. The van der Waals surface area contributed by atoms with Crippen LogP contribution in [0.15, 0.2) is 47.8 Å². The number of nitrogens with zero attached hydrogens (tertiary/aromatic N) is 2. The van der Waals surface area contributed by atoms with Gasteiger partial charge in [-0.15, -0.1) is 11.3 Å². The Balaban J connectivity index is 1.54. The van der Waals surface area contributed by atoms with Crippen molar-refractivity contribution < 1.29 is 14.3 Å². The molecule has 0 fully saturated rings. The van der Waals surface area contributed by atoms with Crippen LogP contribution in [0.2, 0.25) is 5.02 Å². The molecule has 7 nitrogen and oxygen atoms in total. The SMILES string of the molecule is CCOC(=O)c1c(NC(=O)CSc2nc3ncc(Cl)cc3[nH]2)sc(C)c1-c1ccccc1. The van der Waals surface area contributed by atoms with Crippen molar-refractivity contribution in [2.24, 2.45) is 0 Å². The van der Waals surface area contributed by atoms with Crippen LogP contribution in [0.5, 0.6) is 0 Å². The van der Waals surface area contributed by atoms with Crippen LogP contribution in [0.4, 0.5) is 5.00 Å². The van der Waals surface area contributed by atoms with Gasteiger partial charge in [0.25, 0.3) is 0 Å². The zero-order valence-electron chi connectivity index (χ0n) is 17.3. The van der Waals surface area contributed by atoms with Crippen molar-refractivity contribution in [1.82, 2.24) is 15.0 Å². The van der Waals surface area contributed by atoms with E-state index in [0.717, 1.165) is 16.0 Å². The van der Waals surface area contributed by atoms with Crippen molar-refractivity contribution in [3.8, 4) is 11.1 Å². The summed E-state index contributed by atoms with van der Waals surface area (Å²) in [6.45, 7) is 3.92. The molecular weight excluding hydrogens is 468 g/mol. The second-order valence-electron chi connectivity index (χ2n) is 6.73. The van der Waals surface area contributed by atoms with E-state index >= 15 is 0 Å². The van der Waals surface area contributed by atoms with Crippen molar-refractivity contribution in [1.29, 1.82) is 0 Å². The molecule has 4 rings (SSSR count). The summed E-state index contributed by atoms with van der Waals surface area (Å²) in [6, 6.07) is 11.3. The average molecular weight is 487 g/mol. The van der Waals surface area contributed by atoms with E-state index in [0.29, 0.717) is 31.9 Å². The number of pyridine rings is 1. The first-order valence-corrected chi connectivity index (χ1v) is 11.9. The summed E-state index contributed by atoms with van der Waals surface area (Å²) >= 11 is 8.54. The number of benzene rings is 1. The maximum atomic E-state index is 12.8. The molecule has 0 spiro atoms. The Kier molecular flexibility index (Phi) is 6.78. The van der Waals surface area contributed by atoms with Crippen LogP contribution in [0.1, 0.15) is 22.2 Å². The molecule has 0 radical (unpaired) electrons. The number of thiophene rings is 1. The van der Waals surface area contributed by atoms with Crippen molar-refractivity contribution in [3.63, 3.8) is 0 Å². The lowest BCUT2D eigenvalue weighted by Crippen LogP contribution is -2.16. The number of hydrogen-bond acceptors (Lipinski definition) is 7. The van der Waals surface area contributed by atoms with E-state index < -0.39 is 5.97 Å². The Bertz CT molecular complexity index is 1290. The number of aryl methyl sites for hydroxylation is 1. The number of carbonyl (C=O) groups excluding carboxylic acids is 2. The molecule has 1 aromatic carbocycles. The molecule has 0 saturated carbocycles. The molecule has 0 bridgehead atoms. The highest BCUT2D eigenvalue weighted by Gasteiger charge is 2.25. The van der Waals surface area contributed by atoms with E-state index in [4.69, 9.17) is 16.3 Å². The zero-order chi connectivity index (χ0) is 22.7. The van der Waals surface area contributed by atoms with E-state index in [9.17, 15) is 9.59 Å². The summed E-state index contributed by atoms with van der Waals surface area (Å²) in [6.07, 6.45) is 1.52. The third-order valence-electron chi connectivity index (χ3n) is 4.50. The van der Waals surface area contributed by atoms with Gasteiger partial charge < -0.3 is 15.0 Å². The number of imidazole rings is 1. The van der Waals surface area contributed by atoms with Crippen LogP contribution in [0.25, 0.3) is 22.3 Å². The van der Waals surface area contributed by atoms with E-state index in [1.54, 1.807) is 13.0 Å². The van der Waals surface area contributed by atoms with Crippen molar-refractivity contribution in [2.45, 2.75) is 19.0 Å². The van der Waals surface area contributed by atoms with Crippen LogP contribution in [0.3, 0.4) is 0 Å². The Morgan fingerprint density at radius 1 is 1.28 bits per heavy atom. The van der Waals surface area contributed by atoms with Crippen molar-refractivity contribution in [2.75, 3.05) is 17.7 Å². The molecule has 3 aromatic heterocycles. The van der Waals surface area contributed by atoms with Gasteiger partial charge in [-0.1, -0.05) is 53.7 Å². The summed E-state index contributed by atoms with van der Waals surface area (Å²) in [5.41, 5.74) is 3.28. The van der Waals surface area contributed by atoms with Crippen LogP contribution >= 0.6 is 34.7 Å². The third kappa shape index (κ3) is 4.79. The fourth-order valence-electron chi connectivity index (χ4n) is 3.20. The Hall–Kier alpha value is -2.88. The molecule has 32 heavy (non-hydrogen) atoms. The summed E-state index contributed by atoms with van der Waals surface area (Å²) < 4.78 is 5.28. The van der Waals surface area contributed by atoms with Crippen LogP contribution in [0, 0.1) is 6.92 Å². The number of hydrogen-bond donors (Lipinski definition) is 2. The number of ether oxygens (including phenoxy) is 1. The monoisotopic (exact) mass is 486 g/mol. The summed E-state index contributed by atoms with van der Waals surface area (Å²) in [5.74, 6) is -0.611. The van der Waals surface area contributed by atoms with Gasteiger partial charge in [0, 0.05) is 16.6 Å². The molecule has 10 heteroatoms. The lowest BCUT2D eigenvalue weighted by molar-refractivity contribution is -0.113. The predicted molar refractivity (Wildman–Crippen MR) is 129 cm³/mol. The van der Waals surface area contributed by atoms with Gasteiger partial charge in [-0.25, -0.2) is 14.8 Å². The van der Waals surface area contributed by atoms with E-state index in [-0.39, 0.29) is 18.3 Å². The highest BCUT2D eigenvalue weighted by atomic mass is 35.5. The van der Waals surface area contributed by atoms with E-state index in [1.165, 1.54) is 29.3 Å².